The van der Waals surface area contributed by atoms with Crippen molar-refractivity contribution in [3.63, 3.8) is 0 Å². The minimum atomic E-state index is 0.469. The van der Waals surface area contributed by atoms with E-state index in [4.69, 9.17) is 4.74 Å². The molecule has 1 saturated heterocycles. The second kappa shape index (κ2) is 8.19. The fraction of sp³-hybridized carbons (Fsp3) is 0.375. The molecule has 146 valence electrons. The van der Waals surface area contributed by atoms with E-state index < -0.39 is 0 Å². The molecule has 0 spiro atoms. The van der Waals surface area contributed by atoms with Crippen LogP contribution in [-0.2, 0) is 6.54 Å². The first-order chi connectivity index (χ1) is 13.7. The van der Waals surface area contributed by atoms with Crippen molar-refractivity contribution in [3.05, 3.63) is 77.1 Å². The molecule has 0 amide bonds. The predicted octanol–water partition coefficient (Wildman–Crippen LogP) is 5.22. The van der Waals surface area contributed by atoms with Crippen LogP contribution in [0.25, 0.3) is 5.69 Å². The lowest BCUT2D eigenvalue weighted by molar-refractivity contribution is 0.139. The van der Waals surface area contributed by atoms with E-state index in [1.54, 1.807) is 7.11 Å². The average molecular weight is 376 g/mol. The molecule has 28 heavy (non-hydrogen) atoms. The number of hydrogen-bond acceptors (Lipinski definition) is 3. The maximum atomic E-state index is 5.70. The van der Waals surface area contributed by atoms with Crippen LogP contribution >= 0.6 is 0 Å². The summed E-state index contributed by atoms with van der Waals surface area (Å²) in [5.41, 5.74) is 5.91. The maximum Gasteiger partial charge on any atom is 0.123 e. The van der Waals surface area contributed by atoms with Gasteiger partial charge in [0.05, 0.1) is 18.5 Å². The molecular formula is C24H29N3O. The second-order valence-electron chi connectivity index (χ2n) is 7.73. The standard InChI is InChI=1S/C24H29N3O/c1-18-15-19(2)27(25-18)22-12-13-24(28-3)21(16-22)17-26-14-8-7-11-23(26)20-9-5-4-6-10-20/h4-6,9-10,12-13,15-16,23H,7-8,11,14,17H2,1-3H3. The first-order valence-electron chi connectivity index (χ1n) is 10.2. The number of rotatable bonds is 5. The molecule has 2 heterocycles. The molecule has 0 N–H and O–H groups in total. The Hall–Kier alpha value is -2.59. The largest absolute Gasteiger partial charge is 0.496 e. The number of aryl methyl sites for hydroxylation is 2. The van der Waals surface area contributed by atoms with Crippen LogP contribution in [0.15, 0.2) is 54.6 Å². The van der Waals surface area contributed by atoms with Gasteiger partial charge in [-0.15, -0.1) is 0 Å². The van der Waals surface area contributed by atoms with Crippen LogP contribution in [0.2, 0.25) is 0 Å². The summed E-state index contributed by atoms with van der Waals surface area (Å²) >= 11 is 0. The van der Waals surface area contributed by atoms with E-state index in [9.17, 15) is 0 Å². The zero-order valence-corrected chi connectivity index (χ0v) is 17.1. The number of piperidine rings is 1. The molecule has 1 aromatic heterocycles. The molecule has 3 aromatic rings. The Labute approximate surface area is 167 Å². The van der Waals surface area contributed by atoms with Gasteiger partial charge < -0.3 is 4.74 Å². The molecule has 0 radical (unpaired) electrons. The summed E-state index contributed by atoms with van der Waals surface area (Å²) in [7, 11) is 1.76. The monoisotopic (exact) mass is 375 g/mol. The van der Waals surface area contributed by atoms with Gasteiger partial charge in [0.1, 0.15) is 5.75 Å². The summed E-state index contributed by atoms with van der Waals surface area (Å²) in [5.74, 6) is 0.947. The van der Waals surface area contributed by atoms with Gasteiger partial charge in [-0.25, -0.2) is 4.68 Å². The Morgan fingerprint density at radius 3 is 2.57 bits per heavy atom. The van der Waals surface area contributed by atoms with E-state index in [0.717, 1.165) is 35.9 Å². The number of ether oxygens (including phenoxy) is 1. The number of nitrogens with zero attached hydrogens (tertiary/aromatic N) is 3. The molecule has 0 aliphatic carbocycles. The molecule has 4 heteroatoms. The number of methoxy groups -OCH3 is 1. The molecule has 1 aliphatic heterocycles. The topological polar surface area (TPSA) is 30.3 Å². The minimum absolute atomic E-state index is 0.469. The first-order valence-corrected chi connectivity index (χ1v) is 10.2. The molecule has 0 bridgehead atoms. The number of likely N-dealkylation sites (tertiary alicyclic amines) is 1. The molecule has 2 aromatic carbocycles. The van der Waals surface area contributed by atoms with Crippen molar-refractivity contribution in [1.29, 1.82) is 0 Å². The fourth-order valence-electron chi connectivity index (χ4n) is 4.36. The predicted molar refractivity (Wildman–Crippen MR) is 113 cm³/mol. The van der Waals surface area contributed by atoms with E-state index in [0.29, 0.717) is 6.04 Å². The lowest BCUT2D eigenvalue weighted by Gasteiger charge is -2.36. The van der Waals surface area contributed by atoms with Gasteiger partial charge in [-0.3, -0.25) is 4.90 Å². The first kappa shape index (κ1) is 18.8. The van der Waals surface area contributed by atoms with Crippen molar-refractivity contribution in [2.45, 2.75) is 45.7 Å². The Kier molecular flexibility index (Phi) is 5.49. The molecule has 0 saturated carbocycles. The lowest BCUT2D eigenvalue weighted by atomic mass is 9.94. The zero-order chi connectivity index (χ0) is 19.5. The van der Waals surface area contributed by atoms with E-state index >= 15 is 0 Å². The summed E-state index contributed by atoms with van der Waals surface area (Å²) in [6.07, 6.45) is 3.76. The summed E-state index contributed by atoms with van der Waals surface area (Å²) in [6.45, 7) is 6.13. The van der Waals surface area contributed by atoms with Crippen molar-refractivity contribution < 1.29 is 4.74 Å². The quantitative estimate of drug-likeness (QED) is 0.612. The Balaban J connectivity index is 1.65. The summed E-state index contributed by atoms with van der Waals surface area (Å²) in [6, 6.07) is 19.9. The molecule has 4 nitrogen and oxygen atoms in total. The number of benzene rings is 2. The van der Waals surface area contributed by atoms with E-state index in [2.05, 4.69) is 71.5 Å². The molecule has 1 atom stereocenters. The molecule has 1 fully saturated rings. The van der Waals surface area contributed by atoms with Gasteiger partial charge >= 0.3 is 0 Å². The van der Waals surface area contributed by atoms with Gasteiger partial charge in [0.25, 0.3) is 0 Å². The van der Waals surface area contributed by atoms with E-state index in [-0.39, 0.29) is 0 Å². The van der Waals surface area contributed by atoms with Crippen molar-refractivity contribution in [2.24, 2.45) is 0 Å². The summed E-state index contributed by atoms with van der Waals surface area (Å²) in [5, 5.41) is 4.65. The van der Waals surface area contributed by atoms with Crippen molar-refractivity contribution in [2.75, 3.05) is 13.7 Å². The summed E-state index contributed by atoms with van der Waals surface area (Å²) in [4.78, 5) is 2.60. The van der Waals surface area contributed by atoms with E-state index in [1.165, 1.54) is 30.4 Å². The van der Waals surface area contributed by atoms with Crippen molar-refractivity contribution in [3.8, 4) is 11.4 Å². The third-order valence-corrected chi connectivity index (χ3v) is 5.69. The van der Waals surface area contributed by atoms with Gasteiger partial charge in [0, 0.05) is 23.8 Å². The van der Waals surface area contributed by atoms with Crippen LogP contribution in [0.4, 0.5) is 0 Å². The van der Waals surface area contributed by atoms with E-state index in [1.807, 2.05) is 11.6 Å². The normalized spacial score (nSPS) is 17.6. The van der Waals surface area contributed by atoms with Crippen LogP contribution in [0, 0.1) is 13.8 Å². The average Bonchev–Trinajstić information content (AvgIpc) is 3.07. The lowest BCUT2D eigenvalue weighted by Crippen LogP contribution is -2.33. The highest BCUT2D eigenvalue weighted by Gasteiger charge is 2.25. The highest BCUT2D eigenvalue weighted by molar-refractivity contribution is 5.45. The smallest absolute Gasteiger partial charge is 0.123 e. The third-order valence-electron chi connectivity index (χ3n) is 5.69. The highest BCUT2D eigenvalue weighted by Crippen LogP contribution is 2.34. The van der Waals surface area contributed by atoms with Gasteiger partial charge in [-0.2, -0.15) is 5.10 Å². The second-order valence-corrected chi connectivity index (χ2v) is 7.73. The van der Waals surface area contributed by atoms with Gasteiger partial charge in [0.15, 0.2) is 0 Å². The Morgan fingerprint density at radius 2 is 1.86 bits per heavy atom. The van der Waals surface area contributed by atoms with Crippen LogP contribution in [0.3, 0.4) is 0 Å². The Bertz CT molecular complexity index is 932. The SMILES string of the molecule is COc1ccc(-n2nc(C)cc2C)cc1CN1CCCCC1c1ccccc1. The van der Waals surface area contributed by atoms with Gasteiger partial charge in [-0.05, 0) is 63.1 Å². The molecule has 4 rings (SSSR count). The van der Waals surface area contributed by atoms with Crippen LogP contribution in [-0.4, -0.2) is 28.3 Å². The fourth-order valence-corrected chi connectivity index (χ4v) is 4.36. The number of hydrogen-bond donors (Lipinski definition) is 0. The van der Waals surface area contributed by atoms with Crippen LogP contribution in [0.1, 0.15) is 47.8 Å². The maximum absolute atomic E-state index is 5.70. The van der Waals surface area contributed by atoms with Crippen molar-refractivity contribution in [1.82, 2.24) is 14.7 Å². The van der Waals surface area contributed by atoms with Crippen LogP contribution < -0.4 is 4.74 Å². The third kappa shape index (κ3) is 3.83. The molecule has 1 aliphatic rings. The zero-order valence-electron chi connectivity index (χ0n) is 17.1. The summed E-state index contributed by atoms with van der Waals surface area (Å²) < 4.78 is 7.71. The van der Waals surface area contributed by atoms with Gasteiger partial charge in [0.2, 0.25) is 0 Å². The minimum Gasteiger partial charge on any atom is -0.496 e. The molecule has 1 unspecified atom stereocenters. The Morgan fingerprint density at radius 1 is 1.04 bits per heavy atom. The van der Waals surface area contributed by atoms with Crippen molar-refractivity contribution >= 4 is 0 Å². The van der Waals surface area contributed by atoms with Crippen LogP contribution in [0.5, 0.6) is 5.75 Å². The van der Waals surface area contributed by atoms with Gasteiger partial charge in [-0.1, -0.05) is 36.8 Å². The highest BCUT2D eigenvalue weighted by atomic mass is 16.5. The molecular weight excluding hydrogens is 346 g/mol. The number of aromatic nitrogens is 2.